The van der Waals surface area contributed by atoms with E-state index in [0.717, 1.165) is 4.47 Å². The molecule has 0 saturated carbocycles. The number of carbonyl (C=O) groups excluding carboxylic acids is 1. The molecule has 1 N–H and O–H groups in total. The van der Waals surface area contributed by atoms with E-state index in [1.807, 2.05) is 0 Å². The molecule has 1 amide bonds. The largest absolute Gasteiger partial charge is 0.358 e. The minimum atomic E-state index is -3.45. The first-order chi connectivity index (χ1) is 7.86. The smallest absolute Gasteiger partial charge is 0.237 e. The zero-order valence-corrected chi connectivity index (χ0v) is 12.0. The monoisotopic (exact) mass is 323 g/mol. The number of nitrogens with one attached hydrogen (secondary N) is 1. The van der Waals surface area contributed by atoms with Crippen LogP contribution in [0, 0.1) is 0 Å². The summed E-state index contributed by atoms with van der Waals surface area (Å²) in [5.74, 6) is -0.609. The van der Waals surface area contributed by atoms with Crippen molar-refractivity contribution in [2.75, 3.05) is 12.8 Å². The Morgan fingerprint density at radius 3 is 2.76 bits per heavy atom. The highest BCUT2D eigenvalue weighted by Gasteiger charge is 2.26. The van der Waals surface area contributed by atoms with E-state index in [1.54, 1.807) is 12.4 Å². The summed E-state index contributed by atoms with van der Waals surface area (Å²) in [4.78, 5) is 11.3. The van der Waals surface area contributed by atoms with Crippen LogP contribution < -0.4 is 5.32 Å². The zero-order chi connectivity index (χ0) is 13.1. The maximum atomic E-state index is 11.8. The average Bonchev–Trinajstić information content (AvgIpc) is 2.70. The van der Waals surface area contributed by atoms with Gasteiger partial charge in [0.25, 0.3) is 0 Å². The third kappa shape index (κ3) is 3.81. The summed E-state index contributed by atoms with van der Waals surface area (Å²) in [5.41, 5.74) is 0. The molecule has 0 bridgehead atoms. The van der Waals surface area contributed by atoms with Crippen molar-refractivity contribution in [3.8, 4) is 0 Å². The molecule has 6 nitrogen and oxygen atoms in total. The van der Waals surface area contributed by atoms with Crippen molar-refractivity contribution < 1.29 is 13.2 Å². The van der Waals surface area contributed by atoms with E-state index in [2.05, 4.69) is 26.3 Å². The van der Waals surface area contributed by atoms with Crippen molar-refractivity contribution >= 4 is 31.7 Å². The van der Waals surface area contributed by atoms with Crippen LogP contribution >= 0.6 is 15.9 Å². The van der Waals surface area contributed by atoms with E-state index in [4.69, 9.17) is 0 Å². The normalized spacial score (nSPS) is 13.4. The maximum absolute atomic E-state index is 11.8. The standard InChI is InChI=1S/C9H14BrN3O3S/c1-7(9(14)11-2)17(15,16)4-3-13-6-8(10)5-12-13/h5-7H,3-4H2,1-2H3,(H,11,14). The number of sulfone groups is 1. The summed E-state index contributed by atoms with van der Waals surface area (Å²) >= 11 is 3.22. The molecule has 96 valence electrons. The Balaban J connectivity index is 2.64. The van der Waals surface area contributed by atoms with Crippen LogP contribution in [0.4, 0.5) is 0 Å². The van der Waals surface area contributed by atoms with Crippen LogP contribution in [-0.2, 0) is 21.2 Å². The van der Waals surface area contributed by atoms with Crippen LogP contribution in [0.2, 0.25) is 0 Å². The van der Waals surface area contributed by atoms with Gasteiger partial charge in [0.1, 0.15) is 5.25 Å². The summed E-state index contributed by atoms with van der Waals surface area (Å²) in [6.45, 7) is 1.61. The maximum Gasteiger partial charge on any atom is 0.237 e. The topological polar surface area (TPSA) is 81.1 Å². The molecule has 0 aromatic carbocycles. The Labute approximate surface area is 108 Å². The van der Waals surface area contributed by atoms with E-state index in [9.17, 15) is 13.2 Å². The van der Waals surface area contributed by atoms with Gasteiger partial charge < -0.3 is 5.32 Å². The van der Waals surface area contributed by atoms with Crippen LogP contribution in [0.1, 0.15) is 6.92 Å². The first-order valence-electron chi connectivity index (χ1n) is 4.98. The summed E-state index contributed by atoms with van der Waals surface area (Å²) in [6, 6.07) is 0. The third-order valence-electron chi connectivity index (χ3n) is 2.36. The molecule has 17 heavy (non-hydrogen) atoms. The van der Waals surface area contributed by atoms with Gasteiger partial charge in [-0.25, -0.2) is 8.42 Å². The lowest BCUT2D eigenvalue weighted by atomic mass is 10.4. The molecular weight excluding hydrogens is 310 g/mol. The molecule has 0 fully saturated rings. The molecule has 0 radical (unpaired) electrons. The Morgan fingerprint density at radius 1 is 1.65 bits per heavy atom. The van der Waals surface area contributed by atoms with E-state index in [1.165, 1.54) is 18.7 Å². The van der Waals surface area contributed by atoms with Gasteiger partial charge in [-0.2, -0.15) is 5.10 Å². The van der Waals surface area contributed by atoms with Crippen LogP contribution in [0.15, 0.2) is 16.9 Å². The fraction of sp³-hybridized carbons (Fsp3) is 0.556. The molecular formula is C9H14BrN3O3S. The van der Waals surface area contributed by atoms with E-state index in [-0.39, 0.29) is 12.3 Å². The number of hydrogen-bond donors (Lipinski definition) is 1. The number of nitrogens with zero attached hydrogens (tertiary/aromatic N) is 2. The SMILES string of the molecule is CNC(=O)C(C)S(=O)(=O)CCn1cc(Br)cn1. The Hall–Kier alpha value is -0.890. The highest BCUT2D eigenvalue weighted by atomic mass is 79.9. The summed E-state index contributed by atoms with van der Waals surface area (Å²) in [7, 11) is -2.03. The van der Waals surface area contributed by atoms with E-state index in [0.29, 0.717) is 0 Å². The molecule has 1 atom stereocenters. The van der Waals surface area contributed by atoms with Gasteiger partial charge in [0, 0.05) is 13.2 Å². The molecule has 0 aliphatic carbocycles. The highest BCUT2D eigenvalue weighted by Crippen LogP contribution is 2.08. The zero-order valence-electron chi connectivity index (χ0n) is 9.55. The molecule has 1 aromatic heterocycles. The molecule has 1 rings (SSSR count). The number of aryl methyl sites for hydroxylation is 1. The van der Waals surface area contributed by atoms with Crippen molar-refractivity contribution in [2.45, 2.75) is 18.7 Å². The van der Waals surface area contributed by atoms with Gasteiger partial charge >= 0.3 is 0 Å². The summed E-state index contributed by atoms with van der Waals surface area (Å²) < 4.78 is 25.9. The fourth-order valence-electron chi connectivity index (χ4n) is 1.22. The van der Waals surface area contributed by atoms with Gasteiger partial charge in [-0.1, -0.05) is 0 Å². The quantitative estimate of drug-likeness (QED) is 0.839. The van der Waals surface area contributed by atoms with Gasteiger partial charge in [-0.05, 0) is 22.9 Å². The number of aromatic nitrogens is 2. The number of rotatable bonds is 5. The Morgan fingerprint density at radius 2 is 2.29 bits per heavy atom. The second kappa shape index (κ2) is 5.63. The number of halogens is 1. The molecule has 1 aromatic rings. The molecule has 0 spiro atoms. The van der Waals surface area contributed by atoms with Gasteiger partial charge in [0.05, 0.1) is 23.0 Å². The lowest BCUT2D eigenvalue weighted by molar-refractivity contribution is -0.119. The highest BCUT2D eigenvalue weighted by molar-refractivity contribution is 9.10. The van der Waals surface area contributed by atoms with E-state index >= 15 is 0 Å². The Kier molecular flexibility index (Phi) is 4.70. The fourth-order valence-corrected chi connectivity index (χ4v) is 2.79. The average molecular weight is 324 g/mol. The van der Waals surface area contributed by atoms with Gasteiger partial charge in [0.2, 0.25) is 5.91 Å². The second-order valence-electron chi connectivity index (χ2n) is 3.55. The first kappa shape index (κ1) is 14.2. The molecule has 1 heterocycles. The van der Waals surface area contributed by atoms with Gasteiger partial charge in [-0.15, -0.1) is 0 Å². The number of hydrogen-bond acceptors (Lipinski definition) is 4. The molecule has 0 saturated heterocycles. The van der Waals surface area contributed by atoms with Crippen LogP contribution in [0.25, 0.3) is 0 Å². The predicted molar refractivity (Wildman–Crippen MR) is 67.2 cm³/mol. The van der Waals surface area contributed by atoms with Crippen molar-refractivity contribution in [2.24, 2.45) is 0 Å². The molecule has 8 heteroatoms. The first-order valence-corrected chi connectivity index (χ1v) is 7.49. The molecule has 0 aliphatic rings. The lowest BCUT2D eigenvalue weighted by Crippen LogP contribution is -2.37. The van der Waals surface area contributed by atoms with Crippen molar-refractivity contribution in [3.63, 3.8) is 0 Å². The van der Waals surface area contributed by atoms with Crippen LogP contribution in [0.5, 0.6) is 0 Å². The van der Waals surface area contributed by atoms with Crippen molar-refractivity contribution in [1.29, 1.82) is 0 Å². The van der Waals surface area contributed by atoms with Crippen LogP contribution in [-0.4, -0.2) is 42.2 Å². The molecule has 1 unspecified atom stereocenters. The summed E-state index contributed by atoms with van der Waals surface area (Å²) in [5, 5.41) is 5.24. The predicted octanol–water partition coefficient (Wildman–Crippen LogP) is 0.195. The van der Waals surface area contributed by atoms with Crippen LogP contribution in [0.3, 0.4) is 0 Å². The third-order valence-corrected chi connectivity index (χ3v) is 4.81. The molecule has 0 aliphatic heterocycles. The van der Waals surface area contributed by atoms with Crippen molar-refractivity contribution in [3.05, 3.63) is 16.9 Å². The minimum absolute atomic E-state index is 0.115. The number of amides is 1. The lowest BCUT2D eigenvalue weighted by Gasteiger charge is -2.11. The van der Waals surface area contributed by atoms with Gasteiger partial charge in [0.15, 0.2) is 9.84 Å². The van der Waals surface area contributed by atoms with Gasteiger partial charge in [-0.3, -0.25) is 9.48 Å². The second-order valence-corrected chi connectivity index (χ2v) is 6.90. The minimum Gasteiger partial charge on any atom is -0.358 e. The number of carbonyl (C=O) groups is 1. The van der Waals surface area contributed by atoms with Crippen molar-refractivity contribution in [1.82, 2.24) is 15.1 Å². The van der Waals surface area contributed by atoms with E-state index < -0.39 is 21.0 Å². The Bertz CT molecular complexity index is 497. The summed E-state index contributed by atoms with van der Waals surface area (Å²) in [6.07, 6.45) is 3.26.